The van der Waals surface area contributed by atoms with Crippen molar-refractivity contribution >= 4 is 35.1 Å². The second-order valence-corrected chi connectivity index (χ2v) is 7.98. The van der Waals surface area contributed by atoms with Crippen LogP contribution in [-0.4, -0.2) is 60.6 Å². The number of esters is 1. The van der Waals surface area contributed by atoms with Crippen LogP contribution >= 0.6 is 11.6 Å². The Morgan fingerprint density at radius 3 is 2.47 bits per heavy atom. The zero-order valence-corrected chi connectivity index (χ0v) is 18.5. The van der Waals surface area contributed by atoms with Crippen molar-refractivity contribution < 1.29 is 24.2 Å². The van der Waals surface area contributed by atoms with E-state index in [-0.39, 0.29) is 5.91 Å². The van der Waals surface area contributed by atoms with Gasteiger partial charge < -0.3 is 19.8 Å². The molecular weight excluding hydrogens is 434 g/mol. The van der Waals surface area contributed by atoms with Gasteiger partial charge >= 0.3 is 11.9 Å². The summed E-state index contributed by atoms with van der Waals surface area (Å²) in [7, 11) is 1.89. The topological polar surface area (TPSA) is 99.2 Å². The molecule has 8 nitrogen and oxygen atoms in total. The van der Waals surface area contributed by atoms with E-state index in [1.54, 1.807) is 17.0 Å². The van der Waals surface area contributed by atoms with E-state index in [0.717, 1.165) is 18.7 Å². The molecule has 0 aromatic heterocycles. The molecule has 1 heterocycles. The monoisotopic (exact) mass is 459 g/mol. The summed E-state index contributed by atoms with van der Waals surface area (Å²) in [6.45, 7) is 1.46. The van der Waals surface area contributed by atoms with E-state index in [1.165, 1.54) is 5.56 Å². The van der Waals surface area contributed by atoms with Gasteiger partial charge in [0.15, 0.2) is 0 Å². The summed E-state index contributed by atoms with van der Waals surface area (Å²) >= 11 is 6.41. The van der Waals surface area contributed by atoms with Gasteiger partial charge in [0.25, 0.3) is 5.91 Å². The maximum absolute atomic E-state index is 12.9. The number of rotatable bonds is 7. The van der Waals surface area contributed by atoms with E-state index in [9.17, 15) is 14.4 Å². The van der Waals surface area contributed by atoms with Crippen molar-refractivity contribution in [3.05, 3.63) is 64.7 Å². The molecule has 0 aliphatic carbocycles. The average molecular weight is 460 g/mol. The summed E-state index contributed by atoms with van der Waals surface area (Å²) in [5, 5.41) is 10.8. The number of aliphatic carboxylic acids is 1. The van der Waals surface area contributed by atoms with E-state index in [4.69, 9.17) is 21.4 Å². The first-order chi connectivity index (χ1) is 15.3. The Morgan fingerprint density at radius 1 is 1.16 bits per heavy atom. The number of piperidine rings is 1. The molecule has 0 radical (unpaired) electrons. The number of nitrogens with zero attached hydrogens (tertiary/aromatic N) is 2. The first kappa shape index (κ1) is 23.6. The normalized spacial score (nSPS) is 14.1. The van der Waals surface area contributed by atoms with Gasteiger partial charge in [-0.15, -0.1) is 0 Å². The Bertz CT molecular complexity index is 961. The molecule has 32 heavy (non-hydrogen) atoms. The fraction of sp³-hybridized carbons (Fsp3) is 0.348. The van der Waals surface area contributed by atoms with E-state index >= 15 is 0 Å². The lowest BCUT2D eigenvalue weighted by molar-refractivity contribution is -0.168. The third kappa shape index (κ3) is 6.21. The molecule has 1 saturated heterocycles. The molecule has 1 aliphatic heterocycles. The molecule has 0 unspecified atom stereocenters. The largest absolute Gasteiger partial charge is 0.473 e. The molecule has 0 atom stereocenters. The van der Waals surface area contributed by atoms with Gasteiger partial charge in [-0.2, -0.15) is 0 Å². The van der Waals surface area contributed by atoms with E-state index in [0.29, 0.717) is 36.5 Å². The van der Waals surface area contributed by atoms with Crippen LogP contribution in [0, 0.1) is 0 Å². The molecule has 1 amide bonds. The SMILES string of the molecule is CN(NCCc1ccccc1)c1ccc(C(=O)N2CCC(OC(=O)C(=O)O)CC2)c(Cl)c1. The predicted octanol–water partition coefficient (Wildman–Crippen LogP) is 2.76. The fourth-order valence-corrected chi connectivity index (χ4v) is 3.79. The van der Waals surface area contributed by atoms with Crippen molar-refractivity contribution in [3.8, 4) is 0 Å². The minimum Gasteiger partial charge on any atom is -0.473 e. The number of anilines is 1. The van der Waals surface area contributed by atoms with Crippen LogP contribution in [0.3, 0.4) is 0 Å². The number of hydrogen-bond acceptors (Lipinski definition) is 6. The Kier molecular flexibility index (Phi) is 8.08. The van der Waals surface area contributed by atoms with Gasteiger partial charge in [-0.3, -0.25) is 4.79 Å². The van der Waals surface area contributed by atoms with Gasteiger partial charge in [0.05, 0.1) is 16.3 Å². The summed E-state index contributed by atoms with van der Waals surface area (Å²) < 4.78 is 4.90. The van der Waals surface area contributed by atoms with Crippen molar-refractivity contribution in [2.45, 2.75) is 25.4 Å². The number of halogens is 1. The van der Waals surface area contributed by atoms with Crippen LogP contribution in [0.2, 0.25) is 5.02 Å². The summed E-state index contributed by atoms with van der Waals surface area (Å²) in [5.41, 5.74) is 5.79. The second kappa shape index (κ2) is 11.0. The summed E-state index contributed by atoms with van der Waals surface area (Å²) in [6, 6.07) is 15.5. The second-order valence-electron chi connectivity index (χ2n) is 7.57. The Hall–Kier alpha value is -3.10. The molecule has 2 aromatic rings. The van der Waals surface area contributed by atoms with Crippen molar-refractivity contribution in [1.82, 2.24) is 10.3 Å². The number of amides is 1. The molecular formula is C23H26ClN3O5. The third-order valence-electron chi connectivity index (χ3n) is 5.35. The molecule has 1 fully saturated rings. The Morgan fingerprint density at radius 2 is 1.84 bits per heavy atom. The average Bonchev–Trinajstić information content (AvgIpc) is 2.79. The number of likely N-dealkylation sites (tertiary alicyclic amines) is 1. The lowest BCUT2D eigenvalue weighted by atomic mass is 10.1. The van der Waals surface area contributed by atoms with Crippen molar-refractivity contribution in [3.63, 3.8) is 0 Å². The highest BCUT2D eigenvalue weighted by molar-refractivity contribution is 6.34. The van der Waals surface area contributed by atoms with Crippen LogP contribution < -0.4 is 10.4 Å². The summed E-state index contributed by atoms with van der Waals surface area (Å²) in [6.07, 6.45) is 1.15. The van der Waals surface area contributed by atoms with Gasteiger partial charge in [0, 0.05) is 39.5 Å². The molecule has 0 saturated carbocycles. The summed E-state index contributed by atoms with van der Waals surface area (Å²) in [4.78, 5) is 36.3. The molecule has 2 N–H and O–H groups in total. The van der Waals surface area contributed by atoms with Crippen LogP contribution in [0.15, 0.2) is 48.5 Å². The number of carbonyl (C=O) groups excluding carboxylic acids is 2. The van der Waals surface area contributed by atoms with Gasteiger partial charge in [-0.05, 0) is 30.2 Å². The molecule has 1 aliphatic rings. The molecule has 0 spiro atoms. The number of nitrogens with one attached hydrogen (secondary N) is 1. The van der Waals surface area contributed by atoms with Crippen LogP contribution in [0.5, 0.6) is 0 Å². The minimum atomic E-state index is -1.62. The maximum Gasteiger partial charge on any atom is 0.417 e. The van der Waals surface area contributed by atoms with Crippen LogP contribution in [0.4, 0.5) is 5.69 Å². The van der Waals surface area contributed by atoms with Crippen molar-refractivity contribution in [1.29, 1.82) is 0 Å². The molecule has 3 rings (SSSR count). The highest BCUT2D eigenvalue weighted by Crippen LogP contribution is 2.25. The lowest BCUT2D eigenvalue weighted by Gasteiger charge is -2.31. The number of ether oxygens (including phenoxy) is 1. The smallest absolute Gasteiger partial charge is 0.417 e. The van der Waals surface area contributed by atoms with Gasteiger partial charge in [0.1, 0.15) is 6.10 Å². The van der Waals surface area contributed by atoms with E-state index in [2.05, 4.69) is 17.6 Å². The number of benzene rings is 2. The zero-order valence-electron chi connectivity index (χ0n) is 17.8. The van der Waals surface area contributed by atoms with Gasteiger partial charge in [-0.25, -0.2) is 15.0 Å². The zero-order chi connectivity index (χ0) is 23.1. The first-order valence-electron chi connectivity index (χ1n) is 10.4. The predicted molar refractivity (Wildman–Crippen MR) is 121 cm³/mol. The Balaban J connectivity index is 1.52. The number of carboxylic acids is 1. The number of hydrazine groups is 1. The molecule has 0 bridgehead atoms. The number of carbonyl (C=O) groups is 3. The first-order valence-corrected chi connectivity index (χ1v) is 10.8. The highest BCUT2D eigenvalue weighted by atomic mass is 35.5. The van der Waals surface area contributed by atoms with Gasteiger partial charge in [0.2, 0.25) is 0 Å². The van der Waals surface area contributed by atoms with E-state index in [1.807, 2.05) is 36.3 Å². The molecule has 170 valence electrons. The fourth-order valence-electron chi connectivity index (χ4n) is 3.54. The van der Waals surface area contributed by atoms with Crippen molar-refractivity contribution in [2.24, 2.45) is 0 Å². The van der Waals surface area contributed by atoms with Crippen molar-refractivity contribution in [2.75, 3.05) is 31.7 Å². The maximum atomic E-state index is 12.9. The van der Waals surface area contributed by atoms with Crippen LogP contribution in [0.1, 0.15) is 28.8 Å². The van der Waals surface area contributed by atoms with Gasteiger partial charge in [-0.1, -0.05) is 41.9 Å². The summed E-state index contributed by atoms with van der Waals surface area (Å²) in [5.74, 6) is -3.09. The van der Waals surface area contributed by atoms with E-state index < -0.39 is 18.0 Å². The number of carboxylic acid groups (broad SMARTS) is 1. The Labute approximate surface area is 191 Å². The highest BCUT2D eigenvalue weighted by Gasteiger charge is 2.28. The quantitative estimate of drug-likeness (QED) is 0.373. The van der Waals surface area contributed by atoms with Crippen LogP contribution in [-0.2, 0) is 20.7 Å². The minimum absolute atomic E-state index is 0.204. The molecule has 2 aromatic carbocycles. The number of hydrogen-bond donors (Lipinski definition) is 2. The molecule has 9 heteroatoms. The standard InChI is InChI=1S/C23H26ClN3O5/c1-26(25-12-9-16-5-3-2-4-6-16)17-7-8-19(20(24)15-17)21(28)27-13-10-18(11-14-27)32-23(31)22(29)30/h2-8,15,18,25H,9-14H2,1H3,(H,29,30). The lowest BCUT2D eigenvalue weighted by Crippen LogP contribution is -2.42. The van der Waals surface area contributed by atoms with Crippen LogP contribution in [0.25, 0.3) is 0 Å². The third-order valence-corrected chi connectivity index (χ3v) is 5.67.